The zero-order valence-electron chi connectivity index (χ0n) is 16.2. The molecular formula is C21H18N6OS2. The van der Waals surface area contributed by atoms with Gasteiger partial charge in [-0.05, 0) is 38.1 Å². The molecule has 0 saturated carbocycles. The number of aliphatic hydroxyl groups excluding tert-OH is 1. The average molecular weight is 435 g/mol. The number of benzene rings is 2. The number of aryl methyl sites for hydroxylation is 1. The number of aromatic amines is 1. The maximum Gasteiger partial charge on any atom is 0.210 e. The minimum absolute atomic E-state index is 0.0511. The molecule has 0 fully saturated rings. The van der Waals surface area contributed by atoms with Crippen molar-refractivity contribution < 1.29 is 5.11 Å². The van der Waals surface area contributed by atoms with Gasteiger partial charge in [0.2, 0.25) is 5.13 Å². The second kappa shape index (κ2) is 8.57. The van der Waals surface area contributed by atoms with Crippen molar-refractivity contribution in [2.24, 2.45) is 0 Å². The highest BCUT2D eigenvalue weighted by atomic mass is 32.2. The molecule has 0 amide bonds. The number of imidazole rings is 1. The number of H-pyrrole nitrogens is 1. The zero-order chi connectivity index (χ0) is 21.1. The van der Waals surface area contributed by atoms with Crippen molar-refractivity contribution in [3.63, 3.8) is 0 Å². The maximum atomic E-state index is 10.7. The first-order valence-corrected chi connectivity index (χ1v) is 10.9. The number of nitrogens with one attached hydrogen (secondary N) is 2. The molecule has 0 saturated heterocycles. The summed E-state index contributed by atoms with van der Waals surface area (Å²) in [6, 6.07) is 17.5. The molecule has 1 unspecified atom stereocenters. The Hall–Kier alpha value is -3.35. The van der Waals surface area contributed by atoms with Gasteiger partial charge in [0.15, 0.2) is 10.2 Å². The number of allylic oxidation sites excluding steroid dienone is 1. The maximum absolute atomic E-state index is 10.7. The van der Waals surface area contributed by atoms with Crippen molar-refractivity contribution in [2.45, 2.75) is 23.4 Å². The van der Waals surface area contributed by atoms with Gasteiger partial charge < -0.3 is 15.4 Å². The van der Waals surface area contributed by atoms with Gasteiger partial charge in [0.25, 0.3) is 0 Å². The Kier molecular flexibility index (Phi) is 5.70. The smallest absolute Gasteiger partial charge is 0.210 e. The van der Waals surface area contributed by atoms with Crippen molar-refractivity contribution in [2.75, 3.05) is 5.32 Å². The first-order valence-electron chi connectivity index (χ1n) is 9.15. The van der Waals surface area contributed by atoms with Crippen molar-refractivity contribution in [1.29, 1.82) is 5.26 Å². The minimum Gasteiger partial charge on any atom is -0.510 e. The van der Waals surface area contributed by atoms with Crippen LogP contribution < -0.4 is 5.32 Å². The van der Waals surface area contributed by atoms with Crippen molar-refractivity contribution in [3.05, 3.63) is 65.7 Å². The molecule has 9 heteroatoms. The highest BCUT2D eigenvalue weighted by Crippen LogP contribution is 2.34. The van der Waals surface area contributed by atoms with Crippen LogP contribution in [0, 0.1) is 18.3 Å². The van der Waals surface area contributed by atoms with Gasteiger partial charge in [-0.1, -0.05) is 52.9 Å². The first-order chi connectivity index (χ1) is 14.5. The number of anilines is 2. The highest BCUT2D eigenvalue weighted by Gasteiger charge is 2.20. The van der Waals surface area contributed by atoms with Crippen LogP contribution in [0.25, 0.3) is 16.6 Å². The van der Waals surface area contributed by atoms with E-state index in [2.05, 4.69) is 31.6 Å². The number of rotatable bonds is 6. The summed E-state index contributed by atoms with van der Waals surface area (Å²) in [7, 11) is 0. The van der Waals surface area contributed by atoms with E-state index in [4.69, 9.17) is 0 Å². The van der Waals surface area contributed by atoms with Crippen LogP contribution in [-0.4, -0.2) is 30.5 Å². The molecule has 4 aromatic rings. The molecule has 0 bridgehead atoms. The fraction of sp³-hybridized carbons (Fsp3) is 0.143. The summed E-state index contributed by atoms with van der Waals surface area (Å²) in [6.07, 6.45) is 0. The van der Waals surface area contributed by atoms with Gasteiger partial charge in [0.1, 0.15) is 17.4 Å². The molecule has 1 atom stereocenters. The largest absolute Gasteiger partial charge is 0.510 e. The van der Waals surface area contributed by atoms with E-state index in [1.54, 1.807) is 0 Å². The zero-order valence-corrected chi connectivity index (χ0v) is 17.9. The number of thioether (sulfide) groups is 1. The third-order valence-electron chi connectivity index (χ3n) is 4.37. The Bertz CT molecular complexity index is 1220. The minimum atomic E-state index is -0.395. The standard InChI is InChI=1S/C21H18N6OS2/c1-12-7-9-14(10-8-12)23-20-26-27-21(30-20)29-13(2)18(28)15(11-22)19-24-16-5-3-4-6-17(16)25-19/h3-10,13,28H,1-2H3,(H,23,26)(H,24,25)/b18-15-. The Morgan fingerprint density at radius 2 is 1.97 bits per heavy atom. The van der Waals surface area contributed by atoms with Crippen LogP contribution in [0.1, 0.15) is 18.3 Å². The third-order valence-corrected chi connectivity index (χ3v) is 6.40. The number of aromatic nitrogens is 4. The van der Waals surface area contributed by atoms with Crippen molar-refractivity contribution >= 4 is 50.5 Å². The Morgan fingerprint density at radius 1 is 1.20 bits per heavy atom. The summed E-state index contributed by atoms with van der Waals surface area (Å²) in [6.45, 7) is 3.85. The summed E-state index contributed by atoms with van der Waals surface area (Å²) >= 11 is 2.72. The van der Waals surface area contributed by atoms with Crippen LogP contribution in [-0.2, 0) is 0 Å². The van der Waals surface area contributed by atoms with Crippen LogP contribution in [0.15, 0.2) is 58.6 Å². The van der Waals surface area contributed by atoms with E-state index in [0.29, 0.717) is 15.3 Å². The summed E-state index contributed by atoms with van der Waals surface area (Å²) in [5.41, 5.74) is 3.78. The van der Waals surface area contributed by atoms with E-state index < -0.39 is 5.25 Å². The number of nitriles is 1. The molecule has 30 heavy (non-hydrogen) atoms. The molecule has 0 aliphatic heterocycles. The van der Waals surface area contributed by atoms with Crippen molar-refractivity contribution in [1.82, 2.24) is 20.2 Å². The monoisotopic (exact) mass is 434 g/mol. The van der Waals surface area contributed by atoms with Crippen LogP contribution in [0.5, 0.6) is 0 Å². The predicted molar refractivity (Wildman–Crippen MR) is 121 cm³/mol. The summed E-state index contributed by atoms with van der Waals surface area (Å²) in [5, 5.41) is 32.1. The molecule has 0 radical (unpaired) electrons. The van der Waals surface area contributed by atoms with Crippen LogP contribution in [0.3, 0.4) is 0 Å². The number of para-hydroxylation sites is 2. The number of aliphatic hydroxyl groups is 1. The first kappa shape index (κ1) is 19.9. The summed E-state index contributed by atoms with van der Waals surface area (Å²) in [5.74, 6) is 0.299. The molecule has 2 aromatic heterocycles. The molecule has 0 aliphatic carbocycles. The number of hydrogen-bond donors (Lipinski definition) is 3. The molecule has 4 rings (SSSR count). The van der Waals surface area contributed by atoms with Gasteiger partial charge >= 0.3 is 0 Å². The molecule has 2 heterocycles. The molecule has 2 aromatic carbocycles. The third kappa shape index (κ3) is 4.30. The van der Waals surface area contributed by atoms with Gasteiger partial charge in [-0.25, -0.2) is 4.98 Å². The summed E-state index contributed by atoms with van der Waals surface area (Å²) < 4.78 is 0.686. The quantitative estimate of drug-likeness (QED) is 0.210. The lowest BCUT2D eigenvalue weighted by Crippen LogP contribution is -2.04. The number of fused-ring (bicyclic) bond motifs is 1. The van der Waals surface area contributed by atoms with Gasteiger partial charge in [0, 0.05) is 5.69 Å². The predicted octanol–water partition coefficient (Wildman–Crippen LogP) is 5.44. The summed E-state index contributed by atoms with van der Waals surface area (Å²) in [4.78, 5) is 7.50. The van der Waals surface area contributed by atoms with E-state index in [0.717, 1.165) is 16.7 Å². The second-order valence-electron chi connectivity index (χ2n) is 6.60. The van der Waals surface area contributed by atoms with E-state index in [-0.39, 0.29) is 11.3 Å². The highest BCUT2D eigenvalue weighted by molar-refractivity contribution is 8.01. The number of hydrogen-bond acceptors (Lipinski definition) is 8. The van der Waals surface area contributed by atoms with Gasteiger partial charge in [0.05, 0.1) is 16.3 Å². The Labute approximate surface area is 181 Å². The lowest BCUT2D eigenvalue weighted by Gasteiger charge is -2.09. The lowest BCUT2D eigenvalue weighted by molar-refractivity contribution is 0.402. The van der Waals surface area contributed by atoms with Gasteiger partial charge in [-0.15, -0.1) is 10.2 Å². The van der Waals surface area contributed by atoms with Crippen LogP contribution in [0.2, 0.25) is 0 Å². The topological polar surface area (TPSA) is 111 Å². The molecule has 7 nitrogen and oxygen atoms in total. The Morgan fingerprint density at radius 3 is 2.70 bits per heavy atom. The van der Waals surface area contributed by atoms with E-state index >= 15 is 0 Å². The number of nitrogens with zero attached hydrogens (tertiary/aromatic N) is 4. The van der Waals surface area contributed by atoms with Gasteiger partial charge in [-0.2, -0.15) is 5.26 Å². The van der Waals surface area contributed by atoms with E-state index in [9.17, 15) is 10.4 Å². The SMILES string of the molecule is Cc1ccc(Nc2nnc(SC(C)/C(O)=C(\C#N)c3nc4ccccc4[nH]3)s2)cc1. The molecular weight excluding hydrogens is 416 g/mol. The van der Waals surface area contributed by atoms with Crippen LogP contribution >= 0.6 is 23.1 Å². The fourth-order valence-electron chi connectivity index (χ4n) is 2.78. The molecule has 0 aliphatic rings. The van der Waals surface area contributed by atoms with Gasteiger partial charge in [-0.3, -0.25) is 0 Å². The fourth-order valence-corrected chi connectivity index (χ4v) is 4.76. The lowest BCUT2D eigenvalue weighted by atomic mass is 10.2. The van der Waals surface area contributed by atoms with Crippen molar-refractivity contribution in [3.8, 4) is 6.07 Å². The Balaban J connectivity index is 1.50. The van der Waals surface area contributed by atoms with E-state index in [1.807, 2.05) is 62.4 Å². The normalized spacial score (nSPS) is 13.0. The molecule has 3 N–H and O–H groups in total. The second-order valence-corrected chi connectivity index (χ2v) is 9.16. The molecule has 150 valence electrons. The van der Waals surface area contributed by atoms with E-state index in [1.165, 1.54) is 28.7 Å². The van der Waals surface area contributed by atoms with Crippen LogP contribution in [0.4, 0.5) is 10.8 Å². The molecule has 0 spiro atoms. The average Bonchev–Trinajstić information content (AvgIpc) is 3.36.